The van der Waals surface area contributed by atoms with E-state index in [2.05, 4.69) is 5.32 Å². The van der Waals surface area contributed by atoms with Gasteiger partial charge in [-0.2, -0.15) is 11.8 Å². The summed E-state index contributed by atoms with van der Waals surface area (Å²) in [6.45, 7) is 0. The smallest absolute Gasteiger partial charge is 0.261 e. The largest absolute Gasteiger partial charge is 0.495 e. The Bertz CT molecular complexity index is 545. The topological polar surface area (TPSA) is 72.5 Å². The summed E-state index contributed by atoms with van der Waals surface area (Å²) in [5, 5.41) is 2.57. The van der Waals surface area contributed by atoms with Crippen LogP contribution in [0, 0.1) is 0 Å². The fourth-order valence-electron chi connectivity index (χ4n) is 1.25. The maximum Gasteiger partial charge on any atom is 0.261 e. The number of hydrogen-bond acceptors (Lipinski definition) is 5. The van der Waals surface area contributed by atoms with Crippen LogP contribution in [0.25, 0.3) is 0 Å². The number of carbonyl (C=O) groups excluding carboxylic acids is 1. The lowest BCUT2D eigenvalue weighted by Crippen LogP contribution is -2.14. The van der Waals surface area contributed by atoms with Gasteiger partial charge < -0.3 is 10.1 Å². The number of amides is 1. The van der Waals surface area contributed by atoms with Gasteiger partial charge in [-0.15, -0.1) is 0 Å². The molecule has 1 N–H and O–H groups in total. The molecule has 0 bridgehead atoms. The van der Waals surface area contributed by atoms with Crippen molar-refractivity contribution in [3.63, 3.8) is 0 Å². The molecule has 0 aliphatic heterocycles. The molecule has 18 heavy (non-hydrogen) atoms. The standard InChI is InChI=1S/C10H12ClNO4S2/c1-16-9-4-3-7(18(11,14)15)5-8(9)12-10(13)6-17-2/h3-5H,6H2,1-2H3,(H,12,13). The normalized spacial score (nSPS) is 11.1. The molecule has 0 aliphatic rings. The Hall–Kier alpha value is -0.920. The number of ether oxygens (including phenoxy) is 1. The van der Waals surface area contributed by atoms with E-state index in [1.54, 1.807) is 6.26 Å². The van der Waals surface area contributed by atoms with Gasteiger partial charge in [0, 0.05) is 10.7 Å². The Kier molecular flexibility index (Phi) is 5.30. The number of anilines is 1. The summed E-state index contributed by atoms with van der Waals surface area (Å²) in [6.07, 6.45) is 1.79. The van der Waals surface area contributed by atoms with Crippen LogP contribution in [-0.2, 0) is 13.8 Å². The summed E-state index contributed by atoms with van der Waals surface area (Å²) < 4.78 is 27.4. The first-order chi connectivity index (χ1) is 8.38. The summed E-state index contributed by atoms with van der Waals surface area (Å²) in [4.78, 5) is 11.4. The van der Waals surface area contributed by atoms with Gasteiger partial charge in [0.15, 0.2) is 0 Å². The van der Waals surface area contributed by atoms with Crippen LogP contribution < -0.4 is 10.1 Å². The third-order valence-corrected chi connectivity index (χ3v) is 3.90. The SMILES string of the molecule is COc1ccc(S(=O)(=O)Cl)cc1NC(=O)CSC. The Morgan fingerprint density at radius 2 is 2.17 bits per heavy atom. The average Bonchev–Trinajstić information content (AvgIpc) is 2.28. The molecule has 1 aromatic carbocycles. The van der Waals surface area contributed by atoms with Crippen molar-refractivity contribution in [2.24, 2.45) is 0 Å². The number of hydrogen-bond donors (Lipinski definition) is 1. The third kappa shape index (κ3) is 4.08. The van der Waals surface area contributed by atoms with Crippen LogP contribution in [0.2, 0.25) is 0 Å². The lowest BCUT2D eigenvalue weighted by molar-refractivity contribution is -0.113. The van der Waals surface area contributed by atoms with Crippen LogP contribution >= 0.6 is 22.4 Å². The maximum absolute atomic E-state index is 11.5. The van der Waals surface area contributed by atoms with Gasteiger partial charge in [-0.25, -0.2) is 8.42 Å². The molecular formula is C10H12ClNO4S2. The molecule has 1 amide bonds. The lowest BCUT2D eigenvalue weighted by atomic mass is 10.3. The van der Waals surface area contributed by atoms with E-state index in [1.807, 2.05) is 0 Å². The molecule has 0 fully saturated rings. The highest BCUT2D eigenvalue weighted by atomic mass is 35.7. The zero-order chi connectivity index (χ0) is 13.8. The first-order valence-electron chi connectivity index (χ1n) is 4.80. The quantitative estimate of drug-likeness (QED) is 0.841. The van der Waals surface area contributed by atoms with Crippen LogP contribution in [0.3, 0.4) is 0 Å². The van der Waals surface area contributed by atoms with Crippen molar-refractivity contribution in [2.45, 2.75) is 4.90 Å². The van der Waals surface area contributed by atoms with Gasteiger partial charge >= 0.3 is 0 Å². The van der Waals surface area contributed by atoms with Gasteiger partial charge in [0.1, 0.15) is 5.75 Å². The van der Waals surface area contributed by atoms with E-state index in [0.29, 0.717) is 5.75 Å². The van der Waals surface area contributed by atoms with Crippen LogP contribution in [0.5, 0.6) is 5.75 Å². The second-order valence-corrected chi connectivity index (χ2v) is 6.71. The number of benzene rings is 1. The molecule has 0 aromatic heterocycles. The molecule has 100 valence electrons. The van der Waals surface area contributed by atoms with Gasteiger partial charge in [-0.05, 0) is 24.5 Å². The highest BCUT2D eigenvalue weighted by Gasteiger charge is 2.14. The van der Waals surface area contributed by atoms with Gasteiger partial charge in [0.05, 0.1) is 23.4 Å². The van der Waals surface area contributed by atoms with E-state index >= 15 is 0 Å². The molecule has 5 nitrogen and oxygen atoms in total. The van der Waals surface area contributed by atoms with E-state index in [9.17, 15) is 13.2 Å². The average molecular weight is 310 g/mol. The van der Waals surface area contributed by atoms with Crippen LogP contribution in [0.4, 0.5) is 5.69 Å². The molecule has 8 heteroatoms. The Balaban J connectivity index is 3.11. The molecule has 0 spiro atoms. The Morgan fingerprint density at radius 3 is 2.67 bits per heavy atom. The number of halogens is 1. The maximum atomic E-state index is 11.5. The zero-order valence-corrected chi connectivity index (χ0v) is 12.2. The molecule has 0 saturated carbocycles. The molecule has 0 heterocycles. The molecule has 1 aromatic rings. The van der Waals surface area contributed by atoms with Gasteiger partial charge in [0.25, 0.3) is 9.05 Å². The summed E-state index contributed by atoms with van der Waals surface area (Å²) >= 11 is 1.36. The molecule has 0 atom stereocenters. The Morgan fingerprint density at radius 1 is 1.50 bits per heavy atom. The predicted molar refractivity (Wildman–Crippen MR) is 73.0 cm³/mol. The Labute approximate surface area is 114 Å². The minimum atomic E-state index is -3.84. The summed E-state index contributed by atoms with van der Waals surface area (Å²) in [5.41, 5.74) is 0.276. The first kappa shape index (κ1) is 15.1. The molecule has 0 radical (unpaired) electrons. The fraction of sp³-hybridized carbons (Fsp3) is 0.300. The van der Waals surface area contributed by atoms with E-state index in [-0.39, 0.29) is 22.2 Å². The fourth-order valence-corrected chi connectivity index (χ4v) is 2.37. The third-order valence-electron chi connectivity index (χ3n) is 2.00. The van der Waals surface area contributed by atoms with Crippen molar-refractivity contribution in [3.8, 4) is 5.75 Å². The molecule has 0 unspecified atom stereocenters. The van der Waals surface area contributed by atoms with E-state index in [0.717, 1.165) is 0 Å². The summed E-state index contributed by atoms with van der Waals surface area (Å²) in [7, 11) is 2.83. The van der Waals surface area contributed by atoms with Crippen molar-refractivity contribution in [1.29, 1.82) is 0 Å². The zero-order valence-electron chi connectivity index (χ0n) is 9.77. The second kappa shape index (κ2) is 6.31. The van der Waals surface area contributed by atoms with Gasteiger partial charge in [-0.3, -0.25) is 4.79 Å². The predicted octanol–water partition coefficient (Wildman–Crippen LogP) is 1.92. The van der Waals surface area contributed by atoms with Crippen molar-refractivity contribution in [2.75, 3.05) is 24.4 Å². The molecule has 0 saturated heterocycles. The first-order valence-corrected chi connectivity index (χ1v) is 8.50. The van der Waals surface area contributed by atoms with Crippen molar-refractivity contribution in [1.82, 2.24) is 0 Å². The van der Waals surface area contributed by atoms with E-state index in [1.165, 1.54) is 37.1 Å². The minimum absolute atomic E-state index is 0.0931. The van der Waals surface area contributed by atoms with Crippen molar-refractivity contribution < 1.29 is 17.9 Å². The second-order valence-electron chi connectivity index (χ2n) is 3.28. The van der Waals surface area contributed by atoms with Gasteiger partial charge in [0.2, 0.25) is 5.91 Å². The summed E-state index contributed by atoms with van der Waals surface area (Å²) in [5.74, 6) is 0.388. The van der Waals surface area contributed by atoms with E-state index in [4.69, 9.17) is 15.4 Å². The summed E-state index contributed by atoms with van der Waals surface area (Å²) in [6, 6.07) is 4.01. The number of rotatable bonds is 5. The molecule has 0 aliphatic carbocycles. The highest BCUT2D eigenvalue weighted by molar-refractivity contribution is 8.13. The lowest BCUT2D eigenvalue weighted by Gasteiger charge is -2.10. The van der Waals surface area contributed by atoms with E-state index < -0.39 is 9.05 Å². The van der Waals surface area contributed by atoms with Crippen molar-refractivity contribution in [3.05, 3.63) is 18.2 Å². The number of carbonyl (C=O) groups is 1. The monoisotopic (exact) mass is 309 g/mol. The highest BCUT2D eigenvalue weighted by Crippen LogP contribution is 2.28. The molecule has 1 rings (SSSR count). The van der Waals surface area contributed by atoms with Crippen LogP contribution in [-0.4, -0.2) is 33.4 Å². The van der Waals surface area contributed by atoms with Crippen LogP contribution in [0.15, 0.2) is 23.1 Å². The number of methoxy groups -OCH3 is 1. The van der Waals surface area contributed by atoms with Gasteiger partial charge in [-0.1, -0.05) is 0 Å². The number of nitrogens with one attached hydrogen (secondary N) is 1. The minimum Gasteiger partial charge on any atom is -0.495 e. The van der Waals surface area contributed by atoms with Crippen LogP contribution in [0.1, 0.15) is 0 Å². The van der Waals surface area contributed by atoms with Crippen molar-refractivity contribution >= 4 is 43.1 Å². The molecular weight excluding hydrogens is 298 g/mol. The number of thioether (sulfide) groups is 1.